The van der Waals surface area contributed by atoms with Crippen LogP contribution in [0.5, 0.6) is 0 Å². The van der Waals surface area contributed by atoms with Gasteiger partial charge < -0.3 is 5.11 Å². The van der Waals surface area contributed by atoms with Crippen molar-refractivity contribution in [3.05, 3.63) is 26.6 Å². The van der Waals surface area contributed by atoms with Crippen molar-refractivity contribution in [1.29, 1.82) is 0 Å². The smallest absolute Gasteiger partial charge is 0.265 e. The monoisotopic (exact) mass is 299 g/mol. The fourth-order valence-electron chi connectivity index (χ4n) is 1.14. The van der Waals surface area contributed by atoms with Crippen LogP contribution in [0, 0.1) is 10.6 Å². The second kappa shape index (κ2) is 4.28. The highest BCUT2D eigenvalue weighted by molar-refractivity contribution is 14.1. The Labute approximate surface area is 88.1 Å². The van der Waals surface area contributed by atoms with Crippen molar-refractivity contribution < 1.29 is 13.9 Å². The molecule has 0 bridgehead atoms. The predicted molar refractivity (Wildman–Crippen MR) is 52.6 cm³/mol. The van der Waals surface area contributed by atoms with Gasteiger partial charge in [-0.25, -0.2) is 13.8 Å². The lowest BCUT2D eigenvalue weighted by molar-refractivity contribution is 0.145. The van der Waals surface area contributed by atoms with Crippen LogP contribution in [0.15, 0.2) is 6.07 Å². The quantitative estimate of drug-likeness (QED) is 0.672. The Kier molecular flexibility index (Phi) is 3.55. The molecule has 2 nitrogen and oxygen atoms in total. The van der Waals surface area contributed by atoms with Crippen molar-refractivity contribution in [3.8, 4) is 0 Å². The lowest BCUT2D eigenvalue weighted by atomic mass is 10.1. The summed E-state index contributed by atoms with van der Waals surface area (Å²) in [5.74, 6) is 0. The van der Waals surface area contributed by atoms with E-state index < -0.39 is 6.43 Å². The van der Waals surface area contributed by atoms with Gasteiger partial charge in [-0.05, 0) is 41.1 Å². The molecule has 0 fully saturated rings. The molecule has 0 saturated carbocycles. The molecule has 0 aliphatic carbocycles. The third-order valence-electron chi connectivity index (χ3n) is 1.69. The van der Waals surface area contributed by atoms with Crippen molar-refractivity contribution in [2.24, 2.45) is 0 Å². The Morgan fingerprint density at radius 3 is 2.69 bits per heavy atom. The van der Waals surface area contributed by atoms with Crippen LogP contribution < -0.4 is 0 Å². The number of alkyl halides is 2. The Hall–Kier alpha value is -0.300. The predicted octanol–water partition coefficient (Wildman–Crippen LogP) is 2.42. The zero-order chi connectivity index (χ0) is 10.0. The fourth-order valence-corrected chi connectivity index (χ4v) is 1.87. The summed E-state index contributed by atoms with van der Waals surface area (Å²) in [5, 5.41) is 8.85. The van der Waals surface area contributed by atoms with Crippen LogP contribution >= 0.6 is 22.6 Å². The summed E-state index contributed by atoms with van der Waals surface area (Å²) in [6, 6.07) is 1.47. The molecule has 1 aromatic heterocycles. The summed E-state index contributed by atoms with van der Waals surface area (Å²) in [5.41, 5.74) is 0.390. The highest BCUT2D eigenvalue weighted by Gasteiger charge is 2.16. The molecule has 0 radical (unpaired) electrons. The van der Waals surface area contributed by atoms with Crippen LogP contribution in [0.1, 0.15) is 23.2 Å². The number of halogens is 3. The summed E-state index contributed by atoms with van der Waals surface area (Å²) < 4.78 is 25.5. The summed E-state index contributed by atoms with van der Waals surface area (Å²) in [4.78, 5) is 3.90. The van der Waals surface area contributed by atoms with Gasteiger partial charge in [0, 0.05) is 11.3 Å². The first kappa shape index (κ1) is 10.8. The van der Waals surface area contributed by atoms with Gasteiger partial charge in [-0.15, -0.1) is 0 Å². The SMILES string of the molecule is Cc1nc(I)cc(CO)c1C(F)F. The zero-order valence-corrected chi connectivity index (χ0v) is 9.05. The number of aliphatic hydroxyl groups is 1. The number of hydrogen-bond acceptors (Lipinski definition) is 2. The molecule has 0 aromatic carbocycles. The average Bonchev–Trinajstić information content (AvgIpc) is 2.01. The van der Waals surface area contributed by atoms with Crippen LogP contribution in [-0.4, -0.2) is 10.1 Å². The minimum absolute atomic E-state index is 0.150. The molecule has 0 atom stereocenters. The Bertz CT molecular complexity index is 317. The van der Waals surface area contributed by atoms with Crippen LogP contribution in [0.4, 0.5) is 8.78 Å². The first-order valence-corrected chi connectivity index (χ1v) is 4.69. The minimum Gasteiger partial charge on any atom is -0.392 e. The maximum absolute atomic E-state index is 12.5. The molecule has 0 unspecified atom stereocenters. The first-order chi connectivity index (χ1) is 6.06. The molecule has 0 saturated heterocycles. The number of hydrogen-bond donors (Lipinski definition) is 1. The summed E-state index contributed by atoms with van der Waals surface area (Å²) >= 11 is 1.93. The Morgan fingerprint density at radius 1 is 1.62 bits per heavy atom. The molecule has 13 heavy (non-hydrogen) atoms. The number of nitrogens with zero attached hydrogens (tertiary/aromatic N) is 1. The Balaban J connectivity index is 3.30. The second-order valence-corrected chi connectivity index (χ2v) is 3.67. The number of pyridine rings is 1. The van der Waals surface area contributed by atoms with Crippen LogP contribution in [0.2, 0.25) is 0 Å². The summed E-state index contributed by atoms with van der Waals surface area (Å²) in [7, 11) is 0. The molecule has 0 aliphatic rings. The van der Waals surface area contributed by atoms with E-state index in [4.69, 9.17) is 5.11 Å². The number of rotatable bonds is 2. The molecule has 0 spiro atoms. The van der Waals surface area contributed by atoms with Gasteiger partial charge in [0.15, 0.2) is 0 Å². The van der Waals surface area contributed by atoms with Crippen LogP contribution in [-0.2, 0) is 6.61 Å². The largest absolute Gasteiger partial charge is 0.392 e. The topological polar surface area (TPSA) is 33.1 Å². The lowest BCUT2D eigenvalue weighted by Gasteiger charge is -2.09. The third-order valence-corrected chi connectivity index (χ3v) is 2.24. The van der Waals surface area contributed by atoms with E-state index >= 15 is 0 Å². The van der Waals surface area contributed by atoms with Gasteiger partial charge >= 0.3 is 0 Å². The second-order valence-electron chi connectivity index (χ2n) is 2.56. The van der Waals surface area contributed by atoms with E-state index in [1.807, 2.05) is 22.6 Å². The highest BCUT2D eigenvalue weighted by Crippen LogP contribution is 2.26. The fraction of sp³-hybridized carbons (Fsp3) is 0.375. The molecule has 0 amide bonds. The van der Waals surface area contributed by atoms with Crippen molar-refractivity contribution in [2.75, 3.05) is 0 Å². The third kappa shape index (κ3) is 2.34. The molecule has 1 heterocycles. The van der Waals surface area contributed by atoms with Crippen molar-refractivity contribution in [1.82, 2.24) is 4.98 Å². The molecule has 1 rings (SSSR count). The van der Waals surface area contributed by atoms with E-state index in [0.717, 1.165) is 0 Å². The summed E-state index contributed by atoms with van der Waals surface area (Å²) in [6.45, 7) is 1.14. The van der Waals surface area contributed by atoms with Gasteiger partial charge in [0.2, 0.25) is 0 Å². The number of aromatic nitrogens is 1. The maximum atomic E-state index is 12.5. The Morgan fingerprint density at radius 2 is 2.23 bits per heavy atom. The summed E-state index contributed by atoms with van der Waals surface area (Å²) in [6.07, 6.45) is -2.58. The molecular formula is C8H8F2INO. The van der Waals surface area contributed by atoms with E-state index in [9.17, 15) is 8.78 Å². The molecule has 1 aromatic rings. The van der Waals surface area contributed by atoms with Crippen molar-refractivity contribution in [2.45, 2.75) is 20.0 Å². The molecular weight excluding hydrogens is 291 g/mol. The van der Waals surface area contributed by atoms with Gasteiger partial charge in [-0.1, -0.05) is 0 Å². The minimum atomic E-state index is -2.58. The van der Waals surface area contributed by atoms with E-state index in [1.54, 1.807) is 0 Å². The molecule has 72 valence electrons. The normalized spacial score (nSPS) is 10.9. The van der Waals surface area contributed by atoms with E-state index in [1.165, 1.54) is 13.0 Å². The van der Waals surface area contributed by atoms with Crippen LogP contribution in [0.3, 0.4) is 0 Å². The van der Waals surface area contributed by atoms with Gasteiger partial charge in [-0.3, -0.25) is 0 Å². The molecule has 1 N–H and O–H groups in total. The van der Waals surface area contributed by atoms with Gasteiger partial charge in [0.05, 0.1) is 6.61 Å². The molecule has 0 aliphatic heterocycles. The first-order valence-electron chi connectivity index (χ1n) is 3.61. The maximum Gasteiger partial charge on any atom is 0.265 e. The average molecular weight is 299 g/mol. The number of aryl methyl sites for hydroxylation is 1. The molecule has 5 heteroatoms. The lowest BCUT2D eigenvalue weighted by Crippen LogP contribution is -2.02. The van der Waals surface area contributed by atoms with Crippen LogP contribution in [0.25, 0.3) is 0 Å². The van der Waals surface area contributed by atoms with Gasteiger partial charge in [-0.2, -0.15) is 0 Å². The van der Waals surface area contributed by atoms with E-state index in [0.29, 0.717) is 3.70 Å². The number of aliphatic hydroxyl groups excluding tert-OH is 1. The zero-order valence-electron chi connectivity index (χ0n) is 6.89. The van der Waals surface area contributed by atoms with E-state index in [-0.39, 0.29) is 23.4 Å². The van der Waals surface area contributed by atoms with Gasteiger partial charge in [0.25, 0.3) is 6.43 Å². The van der Waals surface area contributed by atoms with Gasteiger partial charge in [0.1, 0.15) is 3.70 Å². The van der Waals surface area contributed by atoms with Crippen molar-refractivity contribution >= 4 is 22.6 Å². The standard InChI is InChI=1S/C8H8F2INO/c1-4-7(8(9)10)5(3-13)2-6(11)12-4/h2,8,13H,3H2,1H3. The van der Waals surface area contributed by atoms with E-state index in [2.05, 4.69) is 4.98 Å². The highest BCUT2D eigenvalue weighted by atomic mass is 127. The van der Waals surface area contributed by atoms with Crippen molar-refractivity contribution in [3.63, 3.8) is 0 Å².